The number of thiophene rings is 1. The Morgan fingerprint density at radius 1 is 0.829 bits per heavy atom. The van der Waals surface area contributed by atoms with Crippen LogP contribution in [0.25, 0.3) is 0 Å². The van der Waals surface area contributed by atoms with Crippen molar-refractivity contribution in [2.75, 3.05) is 17.2 Å². The number of aryl methyl sites for hydroxylation is 1. The van der Waals surface area contributed by atoms with Crippen molar-refractivity contribution < 1.29 is 22.8 Å². The van der Waals surface area contributed by atoms with Crippen molar-refractivity contribution in [2.24, 2.45) is 0 Å². The van der Waals surface area contributed by atoms with Crippen LogP contribution in [0.4, 0.5) is 11.4 Å². The molecule has 8 nitrogen and oxygen atoms in total. The second-order valence-corrected chi connectivity index (χ2v) is 12.9. The number of carbonyl (C=O) groups is 3. The number of para-hydroxylation sites is 1. The fraction of sp³-hybridized carbons (Fsp3) is 0.194. The van der Waals surface area contributed by atoms with Crippen LogP contribution in [0.1, 0.15) is 51.1 Å². The molecule has 210 valence electrons. The lowest BCUT2D eigenvalue weighted by Gasteiger charge is -2.33. The molecule has 4 aromatic rings. The summed E-state index contributed by atoms with van der Waals surface area (Å²) in [6.07, 6.45) is 1.75. The average molecular weight is 588 g/mol. The van der Waals surface area contributed by atoms with Gasteiger partial charge in [0.2, 0.25) is 5.91 Å². The van der Waals surface area contributed by atoms with Crippen molar-refractivity contribution in [3.05, 3.63) is 113 Å². The van der Waals surface area contributed by atoms with Crippen LogP contribution in [0, 0.1) is 6.92 Å². The number of amides is 2. The quantitative estimate of drug-likeness (QED) is 0.256. The number of piperidine rings is 1. The van der Waals surface area contributed by atoms with Gasteiger partial charge in [-0.3, -0.25) is 14.4 Å². The van der Waals surface area contributed by atoms with Gasteiger partial charge in [-0.2, -0.15) is 4.31 Å². The Balaban J connectivity index is 1.38. The van der Waals surface area contributed by atoms with Gasteiger partial charge in [0.15, 0.2) is 5.78 Å². The highest BCUT2D eigenvalue weighted by Crippen LogP contribution is 2.29. The molecule has 3 aromatic carbocycles. The van der Waals surface area contributed by atoms with Gasteiger partial charge < -0.3 is 10.6 Å². The average Bonchev–Trinajstić information content (AvgIpc) is 3.55. The monoisotopic (exact) mass is 587 g/mol. The van der Waals surface area contributed by atoms with E-state index in [-0.39, 0.29) is 27.8 Å². The van der Waals surface area contributed by atoms with E-state index in [4.69, 9.17) is 0 Å². The van der Waals surface area contributed by atoms with Gasteiger partial charge in [0, 0.05) is 17.7 Å². The number of rotatable bonds is 8. The summed E-state index contributed by atoms with van der Waals surface area (Å²) in [5, 5.41) is 7.32. The van der Waals surface area contributed by atoms with Crippen molar-refractivity contribution in [1.82, 2.24) is 4.31 Å². The number of sulfonamides is 1. The highest BCUT2D eigenvalue weighted by molar-refractivity contribution is 7.91. The van der Waals surface area contributed by atoms with Crippen molar-refractivity contribution in [3.63, 3.8) is 0 Å². The maximum atomic E-state index is 13.5. The predicted octanol–water partition coefficient (Wildman–Crippen LogP) is 5.72. The highest BCUT2D eigenvalue weighted by atomic mass is 32.2. The molecule has 1 saturated heterocycles. The Hall–Kier alpha value is -4.12. The Morgan fingerprint density at radius 3 is 2.32 bits per heavy atom. The number of benzene rings is 3. The van der Waals surface area contributed by atoms with Gasteiger partial charge in [-0.25, -0.2) is 8.42 Å². The normalized spacial score (nSPS) is 15.7. The fourth-order valence-electron chi connectivity index (χ4n) is 4.88. The molecule has 0 bridgehead atoms. The summed E-state index contributed by atoms with van der Waals surface area (Å²) in [7, 11) is -3.83. The molecule has 0 radical (unpaired) electrons. The number of ketones is 1. The van der Waals surface area contributed by atoms with E-state index in [0.717, 1.165) is 16.9 Å². The summed E-state index contributed by atoms with van der Waals surface area (Å²) in [5.74, 6) is -1.24. The summed E-state index contributed by atoms with van der Waals surface area (Å²) < 4.78 is 28.0. The molecule has 0 aliphatic carbocycles. The number of carbonyl (C=O) groups excluding carboxylic acids is 3. The van der Waals surface area contributed by atoms with Crippen LogP contribution < -0.4 is 10.6 Å². The minimum atomic E-state index is -3.83. The third-order valence-corrected chi connectivity index (χ3v) is 10.2. The summed E-state index contributed by atoms with van der Waals surface area (Å²) in [6, 6.07) is 22.8. The first kappa shape index (κ1) is 28.4. The first-order chi connectivity index (χ1) is 19.8. The van der Waals surface area contributed by atoms with E-state index in [1.54, 1.807) is 78.2 Å². The number of nitrogens with one attached hydrogen (secondary N) is 2. The van der Waals surface area contributed by atoms with Gasteiger partial charge in [0.1, 0.15) is 10.3 Å². The molecule has 1 atom stereocenters. The molecule has 1 fully saturated rings. The second-order valence-electron chi connectivity index (χ2n) is 9.79. The molecule has 1 unspecified atom stereocenters. The van der Waals surface area contributed by atoms with E-state index in [1.807, 2.05) is 13.0 Å². The molecule has 2 N–H and O–H groups in total. The van der Waals surface area contributed by atoms with Gasteiger partial charge in [-0.15, -0.1) is 11.3 Å². The molecule has 1 aliphatic rings. The van der Waals surface area contributed by atoms with Crippen molar-refractivity contribution >= 4 is 50.3 Å². The van der Waals surface area contributed by atoms with E-state index >= 15 is 0 Å². The van der Waals surface area contributed by atoms with Crippen LogP contribution >= 0.6 is 11.3 Å². The van der Waals surface area contributed by atoms with Crippen LogP contribution in [0.2, 0.25) is 0 Å². The van der Waals surface area contributed by atoms with Gasteiger partial charge in [0.25, 0.3) is 15.9 Å². The lowest BCUT2D eigenvalue weighted by molar-refractivity contribution is -0.120. The topological polar surface area (TPSA) is 113 Å². The summed E-state index contributed by atoms with van der Waals surface area (Å²) >= 11 is 1.11. The maximum absolute atomic E-state index is 13.5. The minimum absolute atomic E-state index is 0.183. The van der Waals surface area contributed by atoms with E-state index in [1.165, 1.54) is 10.4 Å². The summed E-state index contributed by atoms with van der Waals surface area (Å²) in [4.78, 5) is 40.2. The van der Waals surface area contributed by atoms with Gasteiger partial charge in [-0.1, -0.05) is 66.6 Å². The molecule has 5 rings (SSSR count). The zero-order chi connectivity index (χ0) is 29.0. The lowest BCUT2D eigenvalue weighted by atomic mass is 9.99. The molecule has 2 heterocycles. The van der Waals surface area contributed by atoms with Gasteiger partial charge in [-0.05, 0) is 55.5 Å². The molecule has 0 saturated carbocycles. The van der Waals surface area contributed by atoms with Gasteiger partial charge >= 0.3 is 0 Å². The molecule has 41 heavy (non-hydrogen) atoms. The highest BCUT2D eigenvalue weighted by Gasteiger charge is 2.38. The predicted molar refractivity (Wildman–Crippen MR) is 160 cm³/mol. The molecular weight excluding hydrogens is 558 g/mol. The maximum Gasteiger partial charge on any atom is 0.257 e. The number of hydrogen-bond acceptors (Lipinski definition) is 6. The Morgan fingerprint density at radius 2 is 1.56 bits per heavy atom. The van der Waals surface area contributed by atoms with Crippen LogP contribution in [-0.2, 0) is 14.8 Å². The largest absolute Gasteiger partial charge is 0.324 e. The molecule has 0 spiro atoms. The Bertz CT molecular complexity index is 1690. The SMILES string of the molecule is Cc1ccc(NC(=O)c2ccccc2NC(=O)C2CCCCN2S(=O)(=O)c2cccs2)c(C(=O)c2ccccc2)c1. The lowest BCUT2D eigenvalue weighted by Crippen LogP contribution is -2.49. The van der Waals surface area contributed by atoms with Crippen LogP contribution in [0.15, 0.2) is 94.5 Å². The number of nitrogens with zero attached hydrogens (tertiary/aromatic N) is 1. The Kier molecular flexibility index (Phi) is 8.44. The second kappa shape index (κ2) is 12.2. The first-order valence-electron chi connectivity index (χ1n) is 13.2. The standard InChI is InChI=1S/C31H29N3O5S2/c1-21-16-17-26(24(20-21)29(35)22-10-3-2-4-11-22)32-30(36)23-12-5-6-13-25(23)33-31(37)27-14-7-8-18-34(27)41(38,39)28-15-9-19-40-28/h2-6,9-13,15-17,19-20,27H,7-8,14,18H2,1H3,(H,32,36)(H,33,37). The molecule has 1 aliphatic heterocycles. The van der Waals surface area contributed by atoms with Crippen LogP contribution in [0.3, 0.4) is 0 Å². The number of anilines is 2. The summed E-state index contributed by atoms with van der Waals surface area (Å²) in [5.41, 5.74) is 2.49. The van der Waals surface area contributed by atoms with Crippen LogP contribution in [0.5, 0.6) is 0 Å². The Labute approximate surface area is 243 Å². The molecule has 1 aromatic heterocycles. The van der Waals surface area contributed by atoms with Gasteiger partial charge in [0.05, 0.1) is 16.9 Å². The molecule has 2 amide bonds. The van der Waals surface area contributed by atoms with E-state index < -0.39 is 27.9 Å². The smallest absolute Gasteiger partial charge is 0.257 e. The zero-order valence-corrected chi connectivity index (χ0v) is 24.0. The van der Waals surface area contributed by atoms with Crippen molar-refractivity contribution in [1.29, 1.82) is 0 Å². The van der Waals surface area contributed by atoms with E-state index in [0.29, 0.717) is 36.1 Å². The fourth-order valence-corrected chi connectivity index (χ4v) is 7.65. The number of hydrogen-bond donors (Lipinski definition) is 2. The van der Waals surface area contributed by atoms with E-state index in [9.17, 15) is 22.8 Å². The van der Waals surface area contributed by atoms with Crippen molar-refractivity contribution in [3.8, 4) is 0 Å². The van der Waals surface area contributed by atoms with Crippen molar-refractivity contribution in [2.45, 2.75) is 36.4 Å². The zero-order valence-electron chi connectivity index (χ0n) is 22.4. The first-order valence-corrected chi connectivity index (χ1v) is 15.5. The van der Waals surface area contributed by atoms with E-state index in [2.05, 4.69) is 10.6 Å². The summed E-state index contributed by atoms with van der Waals surface area (Å²) in [6.45, 7) is 2.11. The minimum Gasteiger partial charge on any atom is -0.324 e. The third-order valence-electron chi connectivity index (χ3n) is 6.95. The molecular formula is C31H29N3O5S2. The van der Waals surface area contributed by atoms with Crippen LogP contribution in [-0.4, -0.2) is 42.9 Å². The molecule has 10 heteroatoms. The third kappa shape index (κ3) is 6.14.